The first-order valence-electron chi connectivity index (χ1n) is 8.66. The predicted molar refractivity (Wildman–Crippen MR) is 95.6 cm³/mol. The average molecular weight is 343 g/mol. The fourth-order valence-electron chi connectivity index (χ4n) is 3.11. The van der Waals surface area contributed by atoms with Gasteiger partial charge in [-0.05, 0) is 39.0 Å². The molecule has 2 aromatic heterocycles. The van der Waals surface area contributed by atoms with E-state index in [1.165, 1.54) is 0 Å². The molecule has 1 aliphatic heterocycles. The Morgan fingerprint density at radius 3 is 2.72 bits per heavy atom. The Labute approximate surface area is 148 Å². The highest BCUT2D eigenvalue weighted by atomic mass is 16.5. The van der Waals surface area contributed by atoms with Crippen LogP contribution in [0.15, 0.2) is 36.8 Å². The second kappa shape index (κ2) is 7.65. The van der Waals surface area contributed by atoms with Crippen molar-refractivity contribution in [2.75, 3.05) is 18.0 Å². The molecule has 25 heavy (non-hydrogen) atoms. The fraction of sp³-hybridized carbons (Fsp3) is 0.500. The van der Waals surface area contributed by atoms with Gasteiger partial charge >= 0.3 is 0 Å². The van der Waals surface area contributed by atoms with Crippen LogP contribution >= 0.6 is 0 Å². The van der Waals surface area contributed by atoms with E-state index in [-0.39, 0.29) is 24.2 Å². The van der Waals surface area contributed by atoms with E-state index < -0.39 is 0 Å². The SMILES string of the molecule is C[C@@H]1CN(c2ccc(C(=O)N[C@@H](C)Cn3cccn3)cn2)C[C@H](C)O1. The lowest BCUT2D eigenvalue weighted by molar-refractivity contribution is -0.00546. The molecule has 0 aliphatic carbocycles. The molecule has 134 valence electrons. The van der Waals surface area contributed by atoms with Gasteiger partial charge in [-0.1, -0.05) is 0 Å². The molecule has 0 saturated carbocycles. The third-order valence-electron chi connectivity index (χ3n) is 4.15. The molecule has 3 heterocycles. The summed E-state index contributed by atoms with van der Waals surface area (Å²) in [4.78, 5) is 19.0. The molecule has 7 nitrogen and oxygen atoms in total. The highest BCUT2D eigenvalue weighted by Crippen LogP contribution is 2.18. The molecular weight excluding hydrogens is 318 g/mol. The van der Waals surface area contributed by atoms with Gasteiger partial charge in [0.1, 0.15) is 5.82 Å². The van der Waals surface area contributed by atoms with Crippen LogP contribution in [0.25, 0.3) is 0 Å². The number of carbonyl (C=O) groups excluding carboxylic acids is 1. The normalized spacial score (nSPS) is 21.8. The van der Waals surface area contributed by atoms with Crippen LogP contribution in [0.1, 0.15) is 31.1 Å². The number of amides is 1. The monoisotopic (exact) mass is 343 g/mol. The Kier molecular flexibility index (Phi) is 5.33. The summed E-state index contributed by atoms with van der Waals surface area (Å²) in [5.41, 5.74) is 0.561. The number of anilines is 1. The minimum atomic E-state index is -0.123. The van der Waals surface area contributed by atoms with E-state index in [0.717, 1.165) is 18.9 Å². The summed E-state index contributed by atoms with van der Waals surface area (Å²) in [5, 5.41) is 7.12. The summed E-state index contributed by atoms with van der Waals surface area (Å²) in [5.74, 6) is 0.755. The van der Waals surface area contributed by atoms with E-state index in [1.54, 1.807) is 17.1 Å². The van der Waals surface area contributed by atoms with E-state index >= 15 is 0 Å². The van der Waals surface area contributed by atoms with E-state index in [0.29, 0.717) is 12.1 Å². The Morgan fingerprint density at radius 2 is 2.12 bits per heavy atom. The molecule has 0 radical (unpaired) electrons. The van der Waals surface area contributed by atoms with Crippen LogP contribution in [0.4, 0.5) is 5.82 Å². The fourth-order valence-corrected chi connectivity index (χ4v) is 3.11. The highest BCUT2D eigenvalue weighted by Gasteiger charge is 2.23. The van der Waals surface area contributed by atoms with Gasteiger partial charge in [0.15, 0.2) is 0 Å². The molecule has 0 aromatic carbocycles. The van der Waals surface area contributed by atoms with Crippen LogP contribution in [0.3, 0.4) is 0 Å². The number of rotatable bonds is 5. The van der Waals surface area contributed by atoms with Crippen LogP contribution < -0.4 is 10.2 Å². The maximum absolute atomic E-state index is 12.4. The molecule has 7 heteroatoms. The predicted octanol–water partition coefficient (Wildman–Crippen LogP) is 1.71. The molecule has 1 amide bonds. The summed E-state index contributed by atoms with van der Waals surface area (Å²) < 4.78 is 7.54. The summed E-state index contributed by atoms with van der Waals surface area (Å²) in [6.45, 7) is 8.33. The lowest BCUT2D eigenvalue weighted by Gasteiger charge is -2.36. The first-order chi connectivity index (χ1) is 12.0. The number of pyridine rings is 1. The third kappa shape index (κ3) is 4.57. The van der Waals surface area contributed by atoms with Crippen molar-refractivity contribution < 1.29 is 9.53 Å². The van der Waals surface area contributed by atoms with Gasteiger partial charge in [0.25, 0.3) is 5.91 Å². The zero-order valence-corrected chi connectivity index (χ0v) is 14.9. The number of ether oxygens (including phenoxy) is 1. The lowest BCUT2D eigenvalue weighted by Crippen LogP contribution is -2.45. The van der Waals surface area contributed by atoms with Crippen molar-refractivity contribution in [2.45, 2.75) is 45.6 Å². The van der Waals surface area contributed by atoms with Crippen LogP contribution in [-0.2, 0) is 11.3 Å². The van der Waals surface area contributed by atoms with Crippen LogP contribution in [0, 0.1) is 0 Å². The molecule has 1 aliphatic rings. The largest absolute Gasteiger partial charge is 0.372 e. The molecular formula is C18H25N5O2. The van der Waals surface area contributed by atoms with Crippen molar-refractivity contribution in [1.29, 1.82) is 0 Å². The summed E-state index contributed by atoms with van der Waals surface area (Å²) >= 11 is 0. The molecule has 0 bridgehead atoms. The second-order valence-corrected chi connectivity index (χ2v) is 6.67. The molecule has 3 atom stereocenters. The molecule has 2 aromatic rings. The van der Waals surface area contributed by atoms with Gasteiger partial charge in [-0.3, -0.25) is 9.48 Å². The summed E-state index contributed by atoms with van der Waals surface area (Å²) in [7, 11) is 0. The van der Waals surface area contributed by atoms with Gasteiger partial charge in [0.05, 0.1) is 24.3 Å². The summed E-state index contributed by atoms with van der Waals surface area (Å²) in [6.07, 6.45) is 5.59. The van der Waals surface area contributed by atoms with Gasteiger partial charge < -0.3 is 15.0 Å². The summed E-state index contributed by atoms with van der Waals surface area (Å²) in [6, 6.07) is 5.57. The Bertz CT molecular complexity index is 676. The van der Waals surface area contributed by atoms with E-state index in [2.05, 4.69) is 34.1 Å². The molecule has 0 spiro atoms. The Balaban J connectivity index is 1.58. The number of nitrogens with one attached hydrogen (secondary N) is 1. The van der Waals surface area contributed by atoms with E-state index in [4.69, 9.17) is 4.74 Å². The van der Waals surface area contributed by atoms with Crippen molar-refractivity contribution in [3.05, 3.63) is 42.4 Å². The maximum Gasteiger partial charge on any atom is 0.253 e. The van der Waals surface area contributed by atoms with Gasteiger partial charge in [-0.25, -0.2) is 4.98 Å². The minimum Gasteiger partial charge on any atom is -0.372 e. The number of hydrogen-bond donors (Lipinski definition) is 1. The van der Waals surface area contributed by atoms with Gasteiger partial charge in [0, 0.05) is 37.7 Å². The van der Waals surface area contributed by atoms with Gasteiger partial charge in [-0.2, -0.15) is 5.10 Å². The average Bonchev–Trinajstić information content (AvgIpc) is 3.07. The zero-order chi connectivity index (χ0) is 17.8. The number of hydrogen-bond acceptors (Lipinski definition) is 5. The standard InChI is InChI=1S/C18H25N5O2/c1-13(10-23-8-4-7-20-23)21-18(24)16-5-6-17(19-9-16)22-11-14(2)25-15(3)12-22/h4-9,13-15H,10-12H2,1-3H3,(H,21,24)/t13-,14-,15+/m0/s1. The van der Waals surface area contributed by atoms with Gasteiger partial charge in [0.2, 0.25) is 0 Å². The molecule has 3 rings (SSSR count). The zero-order valence-electron chi connectivity index (χ0n) is 14.9. The lowest BCUT2D eigenvalue weighted by atomic mass is 10.2. The first kappa shape index (κ1) is 17.4. The van der Waals surface area contributed by atoms with Gasteiger partial charge in [-0.15, -0.1) is 0 Å². The van der Waals surface area contributed by atoms with Crippen molar-refractivity contribution >= 4 is 11.7 Å². The molecule has 0 unspecified atom stereocenters. The van der Waals surface area contributed by atoms with Crippen LogP contribution in [-0.4, -0.2) is 52.0 Å². The number of aromatic nitrogens is 3. The maximum atomic E-state index is 12.4. The Morgan fingerprint density at radius 1 is 1.36 bits per heavy atom. The highest BCUT2D eigenvalue weighted by molar-refractivity contribution is 5.94. The third-order valence-corrected chi connectivity index (χ3v) is 4.15. The number of morpholine rings is 1. The smallest absolute Gasteiger partial charge is 0.253 e. The van der Waals surface area contributed by atoms with E-state index in [9.17, 15) is 4.79 Å². The molecule has 1 fully saturated rings. The first-order valence-corrected chi connectivity index (χ1v) is 8.66. The van der Waals surface area contributed by atoms with Crippen LogP contribution in [0.2, 0.25) is 0 Å². The topological polar surface area (TPSA) is 72.3 Å². The molecule has 1 saturated heterocycles. The second-order valence-electron chi connectivity index (χ2n) is 6.67. The van der Waals surface area contributed by atoms with Crippen molar-refractivity contribution in [3.63, 3.8) is 0 Å². The van der Waals surface area contributed by atoms with Crippen molar-refractivity contribution in [2.24, 2.45) is 0 Å². The molecule has 1 N–H and O–H groups in total. The number of carbonyl (C=O) groups is 1. The minimum absolute atomic E-state index is 0.0204. The van der Waals surface area contributed by atoms with E-state index in [1.807, 2.05) is 31.3 Å². The quantitative estimate of drug-likeness (QED) is 0.895. The van der Waals surface area contributed by atoms with Crippen molar-refractivity contribution in [1.82, 2.24) is 20.1 Å². The Hall–Kier alpha value is -2.41. The van der Waals surface area contributed by atoms with Crippen LogP contribution in [0.5, 0.6) is 0 Å². The number of nitrogens with zero attached hydrogens (tertiary/aromatic N) is 4. The van der Waals surface area contributed by atoms with Crippen molar-refractivity contribution in [3.8, 4) is 0 Å².